The fraction of sp³-hybridized carbons (Fsp3) is 0.190. The van der Waals surface area contributed by atoms with Crippen molar-refractivity contribution in [2.75, 3.05) is 5.32 Å². The van der Waals surface area contributed by atoms with Crippen molar-refractivity contribution in [2.24, 2.45) is 15.1 Å². The average molecular weight is 619 g/mol. The largest absolute Gasteiger partial charge is 0.431 e. The van der Waals surface area contributed by atoms with Crippen LogP contribution in [0, 0.1) is 14.9 Å². The van der Waals surface area contributed by atoms with Crippen LogP contribution in [0.5, 0.6) is 0 Å². The summed E-state index contributed by atoms with van der Waals surface area (Å²) in [6.45, 7) is 0. The molecule has 15 heteroatoms. The molecule has 8 nitrogen and oxygen atoms in total. The SMILES string of the molecule is N#Cc1ccc(N=C2N=C(NC(=O)Nc3ccc(I)cc3)N3N=C(C(F)(F)F)CC23)cc1C(F)(F)F. The molecule has 2 aliphatic heterocycles. The van der Waals surface area contributed by atoms with E-state index >= 15 is 0 Å². The number of carbonyl (C=O) groups excluding carboxylic acids is 1. The number of amidine groups is 1. The van der Waals surface area contributed by atoms with Gasteiger partial charge in [-0.1, -0.05) is 0 Å². The molecule has 2 aliphatic rings. The van der Waals surface area contributed by atoms with Crippen molar-refractivity contribution in [3.05, 3.63) is 57.2 Å². The van der Waals surface area contributed by atoms with Crippen LogP contribution in [-0.2, 0) is 6.18 Å². The molecule has 2 aromatic carbocycles. The molecule has 2 aromatic rings. The third-order valence-corrected chi connectivity index (χ3v) is 5.69. The Morgan fingerprint density at radius 3 is 2.39 bits per heavy atom. The number of urea groups is 1. The van der Waals surface area contributed by atoms with E-state index in [9.17, 15) is 31.1 Å². The van der Waals surface area contributed by atoms with E-state index in [-0.39, 0.29) is 17.5 Å². The lowest BCUT2D eigenvalue weighted by Crippen LogP contribution is -2.43. The number of nitrogens with zero attached hydrogens (tertiary/aromatic N) is 5. The van der Waals surface area contributed by atoms with E-state index in [1.807, 2.05) is 0 Å². The minimum Gasteiger partial charge on any atom is -0.308 e. The number of benzene rings is 2. The number of guanidine groups is 1. The normalized spacial score (nSPS) is 18.4. The molecule has 36 heavy (non-hydrogen) atoms. The molecule has 0 saturated heterocycles. The van der Waals surface area contributed by atoms with Crippen molar-refractivity contribution in [3.8, 4) is 6.07 Å². The first kappa shape index (κ1) is 25.4. The second kappa shape index (κ2) is 9.41. The van der Waals surface area contributed by atoms with Gasteiger partial charge in [0.15, 0.2) is 5.84 Å². The Morgan fingerprint density at radius 1 is 1.08 bits per heavy atom. The van der Waals surface area contributed by atoms with Crippen LogP contribution in [0.2, 0.25) is 0 Å². The molecule has 1 atom stereocenters. The lowest BCUT2D eigenvalue weighted by Gasteiger charge is -2.16. The van der Waals surface area contributed by atoms with E-state index in [0.717, 1.165) is 20.7 Å². The van der Waals surface area contributed by atoms with Crippen LogP contribution in [0.15, 0.2) is 57.6 Å². The van der Waals surface area contributed by atoms with Crippen LogP contribution in [0.3, 0.4) is 0 Å². The van der Waals surface area contributed by atoms with Gasteiger partial charge in [0.1, 0.15) is 11.8 Å². The second-order valence-electron chi connectivity index (χ2n) is 7.44. The predicted molar refractivity (Wildman–Crippen MR) is 126 cm³/mol. The minimum atomic E-state index is -4.85. The molecule has 2 N–H and O–H groups in total. The standard InChI is InChI=1S/C21H12F6IN7O/c22-20(23,24)14-7-13(4-1-10(14)9-29)30-17-15-8-16(21(25,26)27)34-35(15)18(32-17)33-19(36)31-12-5-2-11(28)3-6-12/h1-7,15H,8H2,(H2,30,31,32,33,36). The Bertz CT molecular complexity index is 1340. The molecule has 0 aliphatic carbocycles. The third kappa shape index (κ3) is 5.42. The highest BCUT2D eigenvalue weighted by atomic mass is 127. The Labute approximate surface area is 212 Å². The number of rotatable bonds is 2. The molecule has 0 spiro atoms. The summed E-state index contributed by atoms with van der Waals surface area (Å²) in [6, 6.07) is 8.65. The van der Waals surface area contributed by atoms with E-state index in [1.54, 1.807) is 24.3 Å². The summed E-state index contributed by atoms with van der Waals surface area (Å²) >= 11 is 2.06. The molecule has 0 fully saturated rings. The molecule has 0 bridgehead atoms. The van der Waals surface area contributed by atoms with Crippen molar-refractivity contribution < 1.29 is 31.1 Å². The van der Waals surface area contributed by atoms with Crippen LogP contribution in [-0.4, -0.2) is 40.8 Å². The first-order valence-electron chi connectivity index (χ1n) is 9.91. The molecule has 0 radical (unpaired) electrons. The predicted octanol–water partition coefficient (Wildman–Crippen LogP) is 5.40. The maximum atomic E-state index is 13.3. The second-order valence-corrected chi connectivity index (χ2v) is 8.69. The van der Waals surface area contributed by atoms with Gasteiger partial charge < -0.3 is 5.32 Å². The fourth-order valence-electron chi connectivity index (χ4n) is 3.36. The van der Waals surface area contributed by atoms with Gasteiger partial charge in [0.25, 0.3) is 0 Å². The molecular formula is C21H12F6IN7O. The summed E-state index contributed by atoms with van der Waals surface area (Å²) in [4.78, 5) is 20.4. The number of alkyl halides is 6. The van der Waals surface area contributed by atoms with Crippen LogP contribution < -0.4 is 10.6 Å². The Balaban J connectivity index is 1.66. The smallest absolute Gasteiger partial charge is 0.308 e. The first-order chi connectivity index (χ1) is 16.8. The topological polar surface area (TPSA) is 105 Å². The highest BCUT2D eigenvalue weighted by Gasteiger charge is 2.48. The summed E-state index contributed by atoms with van der Waals surface area (Å²) < 4.78 is 80.7. The van der Waals surface area contributed by atoms with E-state index in [2.05, 4.69) is 48.3 Å². The van der Waals surface area contributed by atoms with Gasteiger partial charge in [0, 0.05) is 15.7 Å². The number of hydrogen-bond acceptors (Lipinski definition) is 5. The first-order valence-corrected chi connectivity index (χ1v) is 11.0. The van der Waals surface area contributed by atoms with Gasteiger partial charge >= 0.3 is 18.4 Å². The third-order valence-electron chi connectivity index (χ3n) is 4.97. The van der Waals surface area contributed by atoms with Crippen molar-refractivity contribution >= 4 is 57.5 Å². The quantitative estimate of drug-likeness (QED) is 0.348. The van der Waals surface area contributed by atoms with Gasteiger partial charge in [0.05, 0.1) is 22.9 Å². The van der Waals surface area contributed by atoms with E-state index in [1.165, 1.54) is 6.07 Å². The van der Waals surface area contributed by atoms with Crippen molar-refractivity contribution in [2.45, 2.75) is 24.8 Å². The van der Waals surface area contributed by atoms with Crippen LogP contribution in [0.4, 0.5) is 42.5 Å². The summed E-state index contributed by atoms with van der Waals surface area (Å²) in [5, 5.41) is 18.0. The number of hydrogen-bond donors (Lipinski definition) is 2. The number of hydrazone groups is 1. The number of carbonyl (C=O) groups is 1. The van der Waals surface area contributed by atoms with E-state index in [0.29, 0.717) is 11.8 Å². The number of anilines is 1. The lowest BCUT2D eigenvalue weighted by atomic mass is 10.1. The zero-order valence-electron chi connectivity index (χ0n) is 17.6. The van der Waals surface area contributed by atoms with Crippen LogP contribution >= 0.6 is 22.6 Å². The number of nitriles is 1. The zero-order chi connectivity index (χ0) is 26.3. The van der Waals surface area contributed by atoms with E-state index in [4.69, 9.17) is 5.26 Å². The Morgan fingerprint density at radius 2 is 1.78 bits per heavy atom. The number of halogens is 7. The van der Waals surface area contributed by atoms with E-state index < -0.39 is 47.7 Å². The van der Waals surface area contributed by atoms with Crippen molar-refractivity contribution in [1.29, 1.82) is 5.26 Å². The molecule has 2 amide bonds. The molecule has 186 valence electrons. The molecule has 0 aromatic heterocycles. The number of nitrogens with one attached hydrogen (secondary N) is 2. The number of amides is 2. The van der Waals surface area contributed by atoms with Gasteiger partial charge in [0.2, 0.25) is 5.96 Å². The average Bonchev–Trinajstić information content (AvgIpc) is 3.36. The highest BCUT2D eigenvalue weighted by molar-refractivity contribution is 14.1. The van der Waals surface area contributed by atoms with Gasteiger partial charge in [-0.2, -0.15) is 41.7 Å². The summed E-state index contributed by atoms with van der Waals surface area (Å²) in [5.41, 5.74) is -2.94. The summed E-state index contributed by atoms with van der Waals surface area (Å²) in [6.07, 6.45) is -10.3. The monoisotopic (exact) mass is 619 g/mol. The number of fused-ring (bicyclic) bond motifs is 1. The highest BCUT2D eigenvalue weighted by Crippen LogP contribution is 2.36. The maximum absolute atomic E-state index is 13.3. The minimum absolute atomic E-state index is 0.287. The summed E-state index contributed by atoms with van der Waals surface area (Å²) in [7, 11) is 0. The molecular weight excluding hydrogens is 607 g/mol. The molecule has 4 rings (SSSR count). The molecule has 0 saturated carbocycles. The Hall–Kier alpha value is -3.68. The van der Waals surface area contributed by atoms with Gasteiger partial charge in [-0.3, -0.25) is 5.32 Å². The summed E-state index contributed by atoms with van der Waals surface area (Å²) in [5.74, 6) is -0.675. The number of aliphatic imine (C=N–C) groups is 2. The maximum Gasteiger partial charge on any atom is 0.431 e. The van der Waals surface area contributed by atoms with Gasteiger partial charge in [-0.05, 0) is 65.1 Å². The molecule has 2 heterocycles. The fourth-order valence-corrected chi connectivity index (χ4v) is 3.72. The van der Waals surface area contributed by atoms with Gasteiger partial charge in [-0.15, -0.1) is 0 Å². The van der Waals surface area contributed by atoms with Crippen molar-refractivity contribution in [1.82, 2.24) is 10.3 Å². The van der Waals surface area contributed by atoms with Gasteiger partial charge in [-0.25, -0.2) is 14.8 Å². The Kier molecular flexibility index (Phi) is 6.64. The van der Waals surface area contributed by atoms with Crippen molar-refractivity contribution in [3.63, 3.8) is 0 Å². The molecule has 1 unspecified atom stereocenters. The lowest BCUT2D eigenvalue weighted by molar-refractivity contribution is -0.137. The van der Waals surface area contributed by atoms with Crippen LogP contribution in [0.1, 0.15) is 17.5 Å². The van der Waals surface area contributed by atoms with Crippen LogP contribution in [0.25, 0.3) is 0 Å². The zero-order valence-corrected chi connectivity index (χ0v) is 19.8.